The third-order valence-corrected chi connectivity index (χ3v) is 7.53. The van der Waals surface area contributed by atoms with Gasteiger partial charge < -0.3 is 4.90 Å². The summed E-state index contributed by atoms with van der Waals surface area (Å²) in [6.07, 6.45) is 2.36. The quantitative estimate of drug-likeness (QED) is 0.642. The molecule has 1 aromatic carbocycles. The molecule has 1 amide bonds. The standard InChI is InChI=1S/C20H21N3O3S2/c1-15-8-10-23(21-15)17-6-4-16(5-7-17)20(24)22(13-19-3-2-11-27-19)18-9-12-28(25,26)14-18/h2-8,10-11,18H,9,12-14H2,1H3/t18-/m0/s1. The van der Waals surface area contributed by atoms with E-state index < -0.39 is 9.84 Å². The first kappa shape index (κ1) is 18.9. The molecule has 0 spiro atoms. The van der Waals surface area contributed by atoms with E-state index in [0.29, 0.717) is 18.5 Å². The fraction of sp³-hybridized carbons (Fsp3) is 0.300. The van der Waals surface area contributed by atoms with Gasteiger partial charge in [0.15, 0.2) is 9.84 Å². The first-order valence-corrected chi connectivity index (χ1v) is 11.8. The minimum Gasteiger partial charge on any atom is -0.329 e. The highest BCUT2D eigenvalue weighted by Crippen LogP contribution is 2.24. The molecule has 0 unspecified atom stereocenters. The van der Waals surface area contributed by atoms with Crippen molar-refractivity contribution in [2.24, 2.45) is 0 Å². The maximum Gasteiger partial charge on any atom is 0.254 e. The third kappa shape index (κ3) is 4.02. The summed E-state index contributed by atoms with van der Waals surface area (Å²) in [4.78, 5) is 16.0. The zero-order valence-corrected chi connectivity index (χ0v) is 17.1. The van der Waals surface area contributed by atoms with Gasteiger partial charge in [-0.2, -0.15) is 5.10 Å². The highest BCUT2D eigenvalue weighted by atomic mass is 32.2. The lowest BCUT2D eigenvalue weighted by Gasteiger charge is -2.28. The van der Waals surface area contributed by atoms with E-state index in [0.717, 1.165) is 16.3 Å². The number of amides is 1. The van der Waals surface area contributed by atoms with Gasteiger partial charge in [-0.3, -0.25) is 4.79 Å². The lowest BCUT2D eigenvalue weighted by Crippen LogP contribution is -2.40. The Bertz CT molecular complexity index is 1070. The lowest BCUT2D eigenvalue weighted by molar-refractivity contribution is 0.0683. The number of benzene rings is 1. The number of hydrogen-bond acceptors (Lipinski definition) is 5. The minimum absolute atomic E-state index is 0.0365. The second-order valence-electron chi connectivity index (χ2n) is 7.02. The Morgan fingerprint density at radius 2 is 2.04 bits per heavy atom. The van der Waals surface area contributed by atoms with Crippen molar-refractivity contribution >= 4 is 27.1 Å². The van der Waals surface area contributed by atoms with Gasteiger partial charge in [0.05, 0.1) is 29.4 Å². The molecule has 6 nitrogen and oxygen atoms in total. The predicted octanol–water partition coefficient (Wildman–Crippen LogP) is 3.07. The van der Waals surface area contributed by atoms with Crippen LogP contribution >= 0.6 is 11.3 Å². The van der Waals surface area contributed by atoms with Gasteiger partial charge in [0.25, 0.3) is 5.91 Å². The summed E-state index contributed by atoms with van der Waals surface area (Å²) in [5.74, 6) is 0.0387. The fourth-order valence-electron chi connectivity index (χ4n) is 3.44. The van der Waals surface area contributed by atoms with Crippen LogP contribution in [0, 0.1) is 6.92 Å². The van der Waals surface area contributed by atoms with Gasteiger partial charge in [-0.15, -0.1) is 11.3 Å². The van der Waals surface area contributed by atoms with Gasteiger partial charge in [0.1, 0.15) is 0 Å². The predicted molar refractivity (Wildman–Crippen MR) is 110 cm³/mol. The fourth-order valence-corrected chi connectivity index (χ4v) is 5.87. The van der Waals surface area contributed by atoms with Crippen molar-refractivity contribution in [1.82, 2.24) is 14.7 Å². The molecule has 0 radical (unpaired) electrons. The topological polar surface area (TPSA) is 72.3 Å². The normalized spacial score (nSPS) is 18.2. The van der Waals surface area contributed by atoms with Crippen LogP contribution in [0.4, 0.5) is 0 Å². The highest BCUT2D eigenvalue weighted by Gasteiger charge is 2.35. The number of hydrogen-bond donors (Lipinski definition) is 0. The highest BCUT2D eigenvalue weighted by molar-refractivity contribution is 7.91. The number of thiophene rings is 1. The Labute approximate surface area is 168 Å². The summed E-state index contributed by atoms with van der Waals surface area (Å²) in [6, 6.07) is 12.8. The Hall–Kier alpha value is -2.45. The largest absolute Gasteiger partial charge is 0.329 e. The lowest BCUT2D eigenvalue weighted by atomic mass is 10.1. The maximum absolute atomic E-state index is 13.2. The summed E-state index contributed by atoms with van der Waals surface area (Å²) in [5.41, 5.74) is 2.34. The average molecular weight is 416 g/mol. The molecule has 0 bridgehead atoms. The minimum atomic E-state index is -3.08. The monoisotopic (exact) mass is 415 g/mol. The van der Waals surface area contributed by atoms with Crippen molar-refractivity contribution in [3.63, 3.8) is 0 Å². The van der Waals surface area contributed by atoms with Crippen molar-refractivity contribution in [3.05, 3.63) is 70.2 Å². The van der Waals surface area contributed by atoms with Crippen molar-refractivity contribution in [1.29, 1.82) is 0 Å². The smallest absolute Gasteiger partial charge is 0.254 e. The molecule has 4 rings (SSSR count). The molecule has 1 aliphatic heterocycles. The number of nitrogens with zero attached hydrogens (tertiary/aromatic N) is 3. The van der Waals surface area contributed by atoms with E-state index in [1.54, 1.807) is 33.1 Å². The first-order valence-electron chi connectivity index (χ1n) is 9.08. The van der Waals surface area contributed by atoms with Crippen LogP contribution < -0.4 is 0 Å². The Morgan fingerprint density at radius 1 is 1.25 bits per heavy atom. The molecule has 3 heterocycles. The van der Waals surface area contributed by atoms with E-state index in [1.165, 1.54) is 0 Å². The van der Waals surface area contributed by atoms with Gasteiger partial charge in [-0.25, -0.2) is 13.1 Å². The van der Waals surface area contributed by atoms with Crippen LogP contribution in [0.5, 0.6) is 0 Å². The van der Waals surface area contributed by atoms with E-state index in [1.807, 2.05) is 48.8 Å². The zero-order valence-electron chi connectivity index (χ0n) is 15.5. The molecule has 2 aromatic heterocycles. The second-order valence-corrected chi connectivity index (χ2v) is 10.3. The molecule has 1 saturated heterocycles. The van der Waals surface area contributed by atoms with Crippen molar-refractivity contribution in [2.75, 3.05) is 11.5 Å². The molecule has 3 aromatic rings. The summed E-state index contributed by atoms with van der Waals surface area (Å²) in [5, 5.41) is 6.34. The molecule has 0 aliphatic carbocycles. The molecule has 1 fully saturated rings. The van der Waals surface area contributed by atoms with Crippen LogP contribution in [0.3, 0.4) is 0 Å². The molecular weight excluding hydrogens is 394 g/mol. The zero-order chi connectivity index (χ0) is 19.7. The number of carbonyl (C=O) groups excluding carboxylic acids is 1. The van der Waals surface area contributed by atoms with Crippen molar-refractivity contribution in [3.8, 4) is 5.69 Å². The van der Waals surface area contributed by atoms with Crippen LogP contribution in [0.1, 0.15) is 27.3 Å². The Balaban J connectivity index is 1.59. The van der Waals surface area contributed by atoms with Gasteiger partial charge in [-0.1, -0.05) is 6.07 Å². The number of rotatable bonds is 5. The van der Waals surface area contributed by atoms with Crippen molar-refractivity contribution in [2.45, 2.75) is 25.9 Å². The van der Waals surface area contributed by atoms with Crippen LogP contribution in [-0.4, -0.2) is 46.6 Å². The first-order chi connectivity index (χ1) is 13.4. The van der Waals surface area contributed by atoms with E-state index in [4.69, 9.17) is 0 Å². The molecule has 1 atom stereocenters. The summed E-state index contributed by atoms with van der Waals surface area (Å²) < 4.78 is 25.7. The molecule has 0 N–H and O–H groups in total. The maximum atomic E-state index is 13.2. The number of aromatic nitrogens is 2. The third-order valence-electron chi connectivity index (χ3n) is 4.92. The SMILES string of the molecule is Cc1ccn(-c2ccc(C(=O)N(Cc3cccs3)[C@H]3CCS(=O)(=O)C3)cc2)n1. The van der Waals surface area contributed by atoms with E-state index in [-0.39, 0.29) is 23.5 Å². The molecule has 1 aliphatic rings. The summed E-state index contributed by atoms with van der Waals surface area (Å²) in [7, 11) is -3.08. The van der Waals surface area contributed by atoms with E-state index >= 15 is 0 Å². The van der Waals surface area contributed by atoms with Crippen LogP contribution in [0.25, 0.3) is 5.69 Å². The molecule has 0 saturated carbocycles. The van der Waals surface area contributed by atoms with Crippen LogP contribution in [-0.2, 0) is 16.4 Å². The number of aryl methyl sites for hydroxylation is 1. The summed E-state index contributed by atoms with van der Waals surface area (Å²) in [6.45, 7) is 2.35. The van der Waals surface area contributed by atoms with Gasteiger partial charge in [0.2, 0.25) is 0 Å². The number of carbonyl (C=O) groups is 1. The second kappa shape index (κ2) is 7.52. The molecular formula is C20H21N3O3S2. The Morgan fingerprint density at radius 3 is 2.61 bits per heavy atom. The Kier molecular flexibility index (Phi) is 5.07. The molecule has 146 valence electrons. The van der Waals surface area contributed by atoms with E-state index in [2.05, 4.69) is 5.10 Å². The average Bonchev–Trinajstić information content (AvgIpc) is 3.41. The van der Waals surface area contributed by atoms with E-state index in [9.17, 15) is 13.2 Å². The van der Waals surface area contributed by atoms with Crippen molar-refractivity contribution < 1.29 is 13.2 Å². The van der Waals surface area contributed by atoms with Gasteiger partial charge in [-0.05, 0) is 55.1 Å². The molecule has 8 heteroatoms. The van der Waals surface area contributed by atoms with Gasteiger partial charge >= 0.3 is 0 Å². The van der Waals surface area contributed by atoms with Crippen LogP contribution in [0.2, 0.25) is 0 Å². The van der Waals surface area contributed by atoms with Gasteiger partial charge in [0, 0.05) is 22.7 Å². The van der Waals surface area contributed by atoms with Crippen LogP contribution in [0.15, 0.2) is 54.0 Å². The molecule has 28 heavy (non-hydrogen) atoms. The summed E-state index contributed by atoms with van der Waals surface area (Å²) >= 11 is 1.57. The number of sulfone groups is 1.